The quantitative estimate of drug-likeness (QED) is 0.906. The zero-order chi connectivity index (χ0) is 16.9. The minimum atomic E-state index is -0.0556. The van der Waals surface area contributed by atoms with Gasteiger partial charge in [-0.15, -0.1) is 0 Å². The fraction of sp³-hybridized carbons (Fsp3) is 0.263. The summed E-state index contributed by atoms with van der Waals surface area (Å²) in [5.74, 6) is 0.108. The third-order valence-corrected chi connectivity index (χ3v) is 4.27. The molecular weight excluding hydrogens is 324 g/mol. The van der Waals surface area contributed by atoms with E-state index in [1.807, 2.05) is 36.4 Å². The fourth-order valence-corrected chi connectivity index (χ4v) is 3.06. The summed E-state index contributed by atoms with van der Waals surface area (Å²) in [4.78, 5) is 25.7. The molecule has 0 bridgehead atoms. The average molecular weight is 343 g/mol. The Morgan fingerprint density at radius 2 is 1.92 bits per heavy atom. The first-order valence-electron chi connectivity index (χ1n) is 8.02. The number of halogens is 1. The lowest BCUT2D eigenvalue weighted by molar-refractivity contribution is -0.120. The predicted molar refractivity (Wildman–Crippen MR) is 95.0 cm³/mol. The minimum Gasteiger partial charge on any atom is -0.352 e. The fourth-order valence-electron chi connectivity index (χ4n) is 2.85. The molecule has 4 nitrogen and oxygen atoms in total. The molecule has 2 amide bonds. The molecule has 0 aliphatic carbocycles. The van der Waals surface area contributed by atoms with E-state index in [-0.39, 0.29) is 11.8 Å². The summed E-state index contributed by atoms with van der Waals surface area (Å²) in [6.07, 6.45) is 1.81. The number of carbonyl (C=O) groups is 2. The topological polar surface area (TPSA) is 49.4 Å². The van der Waals surface area contributed by atoms with Crippen LogP contribution >= 0.6 is 11.6 Å². The molecule has 0 saturated carbocycles. The van der Waals surface area contributed by atoms with Gasteiger partial charge in [0.25, 0.3) is 0 Å². The van der Waals surface area contributed by atoms with Gasteiger partial charge in [-0.3, -0.25) is 9.59 Å². The van der Waals surface area contributed by atoms with Gasteiger partial charge in [-0.25, -0.2) is 0 Å². The maximum atomic E-state index is 12.1. The van der Waals surface area contributed by atoms with Crippen LogP contribution in [0.15, 0.2) is 48.5 Å². The van der Waals surface area contributed by atoms with Gasteiger partial charge in [0.1, 0.15) is 0 Å². The highest BCUT2D eigenvalue weighted by atomic mass is 35.5. The number of carbonyl (C=O) groups excluding carboxylic acids is 2. The molecule has 1 fully saturated rings. The van der Waals surface area contributed by atoms with Crippen LogP contribution in [0.1, 0.15) is 24.0 Å². The van der Waals surface area contributed by atoms with Crippen molar-refractivity contribution in [3.63, 3.8) is 0 Å². The summed E-state index contributed by atoms with van der Waals surface area (Å²) in [5, 5.41) is 3.54. The first-order valence-corrected chi connectivity index (χ1v) is 8.40. The Morgan fingerprint density at radius 3 is 2.67 bits per heavy atom. The predicted octanol–water partition coefficient (Wildman–Crippen LogP) is 3.33. The van der Waals surface area contributed by atoms with E-state index >= 15 is 0 Å². The molecule has 1 heterocycles. The summed E-state index contributed by atoms with van der Waals surface area (Å²) in [6, 6.07) is 15.0. The lowest BCUT2D eigenvalue weighted by Crippen LogP contribution is -2.26. The Balaban J connectivity index is 1.58. The Hall–Kier alpha value is -2.33. The van der Waals surface area contributed by atoms with E-state index < -0.39 is 0 Å². The molecular formula is C19H19ClN2O2. The number of nitrogens with one attached hydrogen (secondary N) is 1. The third kappa shape index (κ3) is 4.15. The van der Waals surface area contributed by atoms with Gasteiger partial charge in [0.05, 0.1) is 6.42 Å². The van der Waals surface area contributed by atoms with Crippen molar-refractivity contribution in [2.24, 2.45) is 0 Å². The van der Waals surface area contributed by atoms with Gasteiger partial charge >= 0.3 is 0 Å². The second-order valence-electron chi connectivity index (χ2n) is 5.90. The number of nitrogens with zero attached hydrogens (tertiary/aromatic N) is 1. The lowest BCUT2D eigenvalue weighted by atomic mass is 10.1. The first kappa shape index (κ1) is 16.5. The third-order valence-electron chi connectivity index (χ3n) is 4.04. The molecule has 2 aromatic carbocycles. The van der Waals surface area contributed by atoms with Crippen molar-refractivity contribution in [2.45, 2.75) is 25.8 Å². The summed E-state index contributed by atoms with van der Waals surface area (Å²) >= 11 is 5.93. The Bertz CT molecular complexity index is 761. The molecule has 1 aliphatic rings. The van der Waals surface area contributed by atoms with Crippen LogP contribution in [0.3, 0.4) is 0 Å². The summed E-state index contributed by atoms with van der Waals surface area (Å²) in [7, 11) is 0. The molecule has 124 valence electrons. The lowest BCUT2D eigenvalue weighted by Gasteiger charge is -2.16. The molecule has 0 spiro atoms. The van der Waals surface area contributed by atoms with Crippen LogP contribution in [0.5, 0.6) is 0 Å². The zero-order valence-electron chi connectivity index (χ0n) is 13.3. The number of anilines is 1. The van der Waals surface area contributed by atoms with Crippen LogP contribution in [-0.2, 0) is 22.6 Å². The number of benzene rings is 2. The average Bonchev–Trinajstić information content (AvgIpc) is 2.99. The van der Waals surface area contributed by atoms with Crippen molar-refractivity contribution < 1.29 is 9.59 Å². The van der Waals surface area contributed by atoms with Crippen LogP contribution in [0.2, 0.25) is 5.02 Å². The molecule has 1 saturated heterocycles. The van der Waals surface area contributed by atoms with Crippen molar-refractivity contribution in [3.8, 4) is 0 Å². The van der Waals surface area contributed by atoms with Crippen molar-refractivity contribution in [3.05, 3.63) is 64.7 Å². The highest BCUT2D eigenvalue weighted by Crippen LogP contribution is 2.22. The maximum absolute atomic E-state index is 12.1. The molecule has 5 heteroatoms. The van der Waals surface area contributed by atoms with E-state index in [2.05, 4.69) is 5.32 Å². The molecule has 0 aromatic heterocycles. The van der Waals surface area contributed by atoms with Gasteiger partial charge in [0.2, 0.25) is 11.8 Å². The monoisotopic (exact) mass is 342 g/mol. The summed E-state index contributed by atoms with van der Waals surface area (Å²) in [6.45, 7) is 1.21. The molecule has 24 heavy (non-hydrogen) atoms. The number of rotatable bonds is 5. The molecule has 1 N–H and O–H groups in total. The van der Waals surface area contributed by atoms with Gasteiger partial charge in [0.15, 0.2) is 0 Å². The number of hydrogen-bond donors (Lipinski definition) is 1. The zero-order valence-corrected chi connectivity index (χ0v) is 14.1. The van der Waals surface area contributed by atoms with E-state index in [0.29, 0.717) is 24.4 Å². The normalized spacial score (nSPS) is 14.0. The van der Waals surface area contributed by atoms with Gasteiger partial charge in [-0.1, -0.05) is 35.9 Å². The van der Waals surface area contributed by atoms with E-state index in [9.17, 15) is 9.59 Å². The van der Waals surface area contributed by atoms with Gasteiger partial charge in [-0.2, -0.15) is 0 Å². The van der Waals surface area contributed by atoms with Crippen LogP contribution < -0.4 is 10.2 Å². The van der Waals surface area contributed by atoms with Gasteiger partial charge in [-0.05, 0) is 41.8 Å². The second kappa shape index (κ2) is 7.49. The smallest absolute Gasteiger partial charge is 0.227 e. The van der Waals surface area contributed by atoms with E-state index in [0.717, 1.165) is 29.8 Å². The van der Waals surface area contributed by atoms with Crippen molar-refractivity contribution >= 4 is 29.1 Å². The first-order chi connectivity index (χ1) is 11.6. The SMILES string of the molecule is O=C(Cc1cccc(Cl)c1)NCc1cccc(N2CCCC2=O)c1. The van der Waals surface area contributed by atoms with E-state index in [4.69, 9.17) is 11.6 Å². The standard InChI is InChI=1S/C19H19ClN2O2/c20-16-6-1-4-14(10-16)12-18(23)21-13-15-5-2-7-17(11-15)22-9-3-8-19(22)24/h1-2,4-7,10-11H,3,8-9,12-13H2,(H,21,23). The molecule has 0 radical (unpaired) electrons. The molecule has 0 atom stereocenters. The highest BCUT2D eigenvalue weighted by molar-refractivity contribution is 6.30. The van der Waals surface area contributed by atoms with Crippen LogP contribution in [-0.4, -0.2) is 18.4 Å². The Morgan fingerprint density at radius 1 is 1.12 bits per heavy atom. The van der Waals surface area contributed by atoms with Crippen LogP contribution in [0, 0.1) is 0 Å². The van der Waals surface area contributed by atoms with E-state index in [1.54, 1.807) is 17.0 Å². The number of hydrogen-bond acceptors (Lipinski definition) is 2. The molecule has 1 aliphatic heterocycles. The molecule has 0 unspecified atom stereocenters. The highest BCUT2D eigenvalue weighted by Gasteiger charge is 2.21. The second-order valence-corrected chi connectivity index (χ2v) is 6.34. The Kier molecular flexibility index (Phi) is 5.16. The van der Waals surface area contributed by atoms with Crippen LogP contribution in [0.4, 0.5) is 5.69 Å². The maximum Gasteiger partial charge on any atom is 0.227 e. The van der Waals surface area contributed by atoms with Gasteiger partial charge in [0, 0.05) is 30.2 Å². The summed E-state index contributed by atoms with van der Waals surface area (Å²) in [5.41, 5.74) is 2.77. The van der Waals surface area contributed by atoms with Crippen LogP contribution in [0.25, 0.3) is 0 Å². The summed E-state index contributed by atoms with van der Waals surface area (Å²) < 4.78 is 0. The van der Waals surface area contributed by atoms with Gasteiger partial charge < -0.3 is 10.2 Å². The number of amides is 2. The molecule has 3 rings (SSSR count). The minimum absolute atomic E-state index is 0.0556. The van der Waals surface area contributed by atoms with Crippen molar-refractivity contribution in [1.82, 2.24) is 5.32 Å². The van der Waals surface area contributed by atoms with E-state index in [1.165, 1.54) is 0 Å². The largest absolute Gasteiger partial charge is 0.352 e. The van der Waals surface area contributed by atoms with Crippen molar-refractivity contribution in [1.29, 1.82) is 0 Å². The Labute approximate surface area is 146 Å². The van der Waals surface area contributed by atoms with Crippen molar-refractivity contribution in [2.75, 3.05) is 11.4 Å². The molecule has 2 aromatic rings.